The first-order chi connectivity index (χ1) is 14.7. The molecule has 0 bridgehead atoms. The van der Waals surface area contributed by atoms with Crippen LogP contribution in [0.25, 0.3) is 11.1 Å². The van der Waals surface area contributed by atoms with Crippen LogP contribution in [0, 0.1) is 0 Å². The Labute approximate surface area is 181 Å². The fourth-order valence-corrected chi connectivity index (χ4v) is 4.54. The van der Waals surface area contributed by atoms with E-state index in [0.29, 0.717) is 5.56 Å². The number of aliphatic imine (C=N–C) groups is 1. The zero-order valence-electron chi connectivity index (χ0n) is 16.9. The van der Waals surface area contributed by atoms with Gasteiger partial charge in [-0.25, -0.2) is 9.79 Å². The van der Waals surface area contributed by atoms with E-state index in [-0.39, 0.29) is 0 Å². The van der Waals surface area contributed by atoms with Gasteiger partial charge in [-0.2, -0.15) is 0 Å². The van der Waals surface area contributed by atoms with Crippen molar-refractivity contribution >= 4 is 29.4 Å². The zero-order chi connectivity index (χ0) is 20.9. The van der Waals surface area contributed by atoms with Crippen molar-refractivity contribution in [3.63, 3.8) is 0 Å². The highest BCUT2D eigenvalue weighted by molar-refractivity contribution is 7.97. The van der Waals surface area contributed by atoms with Crippen molar-refractivity contribution in [3.8, 4) is 11.1 Å². The van der Waals surface area contributed by atoms with Crippen molar-refractivity contribution in [1.29, 1.82) is 0 Å². The van der Waals surface area contributed by atoms with Gasteiger partial charge in [0, 0.05) is 6.42 Å². The van der Waals surface area contributed by atoms with E-state index in [2.05, 4.69) is 35.5 Å². The summed E-state index contributed by atoms with van der Waals surface area (Å²) in [5.74, 6) is 0.204. The molecule has 0 aromatic heterocycles. The van der Waals surface area contributed by atoms with Gasteiger partial charge < -0.3 is 5.11 Å². The molecule has 4 nitrogen and oxygen atoms in total. The summed E-state index contributed by atoms with van der Waals surface area (Å²) in [5.41, 5.74) is 4.19. The van der Waals surface area contributed by atoms with E-state index in [4.69, 9.17) is 4.99 Å². The lowest BCUT2D eigenvalue weighted by atomic mass is 9.99. The van der Waals surface area contributed by atoms with Gasteiger partial charge in [-0.3, -0.25) is 4.31 Å². The monoisotopic (exact) mass is 416 g/mol. The van der Waals surface area contributed by atoms with Gasteiger partial charge in [0.2, 0.25) is 0 Å². The molecule has 0 saturated carbocycles. The minimum absolute atomic E-state index is 0.322. The molecule has 0 spiro atoms. The van der Waals surface area contributed by atoms with Crippen LogP contribution in [-0.4, -0.2) is 21.2 Å². The molecule has 3 aromatic rings. The first-order valence-corrected chi connectivity index (χ1v) is 11.0. The van der Waals surface area contributed by atoms with Gasteiger partial charge in [-0.15, -0.1) is 0 Å². The van der Waals surface area contributed by atoms with Crippen molar-refractivity contribution in [1.82, 2.24) is 4.31 Å². The number of hydrogen-bond donors (Lipinski definition) is 1. The average molecular weight is 417 g/mol. The summed E-state index contributed by atoms with van der Waals surface area (Å²) in [6.07, 6.45) is 3.21. The van der Waals surface area contributed by atoms with E-state index in [9.17, 15) is 9.90 Å². The van der Waals surface area contributed by atoms with E-state index in [1.165, 1.54) is 10.5 Å². The number of aromatic carboxylic acids is 1. The van der Waals surface area contributed by atoms with Crippen molar-refractivity contribution < 1.29 is 9.90 Å². The molecule has 0 unspecified atom stereocenters. The largest absolute Gasteiger partial charge is 0.478 e. The van der Waals surface area contributed by atoms with Crippen LogP contribution in [-0.2, 0) is 6.54 Å². The summed E-state index contributed by atoms with van der Waals surface area (Å²) in [7, 11) is 0. The van der Waals surface area contributed by atoms with Gasteiger partial charge in [0.1, 0.15) is 5.84 Å². The highest BCUT2D eigenvalue weighted by atomic mass is 32.2. The fourth-order valence-electron chi connectivity index (χ4n) is 3.51. The maximum Gasteiger partial charge on any atom is 0.336 e. The number of para-hydroxylation sites is 1. The van der Waals surface area contributed by atoms with Crippen molar-refractivity contribution in [2.24, 2.45) is 4.99 Å². The van der Waals surface area contributed by atoms with Crippen LogP contribution in [0.2, 0.25) is 0 Å². The molecule has 0 atom stereocenters. The van der Waals surface area contributed by atoms with E-state index in [1.54, 1.807) is 24.1 Å². The van der Waals surface area contributed by atoms with E-state index in [0.717, 1.165) is 48.5 Å². The maximum atomic E-state index is 11.5. The molecule has 0 fully saturated rings. The smallest absolute Gasteiger partial charge is 0.336 e. The van der Waals surface area contributed by atoms with Gasteiger partial charge in [0.25, 0.3) is 0 Å². The molecule has 0 aliphatic carbocycles. The van der Waals surface area contributed by atoms with Gasteiger partial charge in [0.15, 0.2) is 0 Å². The van der Waals surface area contributed by atoms with Crippen molar-refractivity contribution in [2.45, 2.75) is 37.6 Å². The Bertz CT molecular complexity index is 1080. The van der Waals surface area contributed by atoms with Gasteiger partial charge >= 0.3 is 5.97 Å². The Balaban J connectivity index is 1.56. The molecule has 1 heterocycles. The lowest BCUT2D eigenvalue weighted by Crippen LogP contribution is -2.25. The first-order valence-electron chi connectivity index (χ1n) is 10.2. The number of unbranched alkanes of at least 4 members (excludes halogenated alkanes) is 1. The predicted molar refractivity (Wildman–Crippen MR) is 123 cm³/mol. The van der Waals surface area contributed by atoms with Crippen molar-refractivity contribution in [2.75, 3.05) is 0 Å². The molecule has 1 N–H and O–H groups in total. The van der Waals surface area contributed by atoms with E-state index >= 15 is 0 Å². The number of amidine groups is 1. The number of carboxylic acid groups (broad SMARTS) is 1. The summed E-state index contributed by atoms with van der Waals surface area (Å²) in [6, 6.07) is 23.5. The summed E-state index contributed by atoms with van der Waals surface area (Å²) in [6.45, 7) is 2.95. The minimum atomic E-state index is -0.908. The number of rotatable bonds is 7. The Kier molecular flexibility index (Phi) is 6.19. The highest BCUT2D eigenvalue weighted by Gasteiger charge is 2.20. The second kappa shape index (κ2) is 9.18. The SMILES string of the molecule is CCCCC1=Nc2ccccc2SN1Cc1ccc(-c2ccccc2C(=O)O)cc1. The van der Waals surface area contributed by atoms with Crippen LogP contribution in [0.4, 0.5) is 5.69 Å². The first kappa shape index (κ1) is 20.2. The van der Waals surface area contributed by atoms with E-state index < -0.39 is 5.97 Å². The standard InChI is InChI=1S/C25H24N2O2S/c1-2-3-12-24-26-22-10-6-7-11-23(22)30-27(24)17-18-13-15-19(16-14-18)20-8-4-5-9-21(20)25(28)29/h4-11,13-16H,2-3,12,17H2,1H3,(H,28,29). The van der Waals surface area contributed by atoms with Crippen LogP contribution < -0.4 is 0 Å². The minimum Gasteiger partial charge on any atom is -0.478 e. The Morgan fingerprint density at radius 2 is 1.73 bits per heavy atom. The summed E-state index contributed by atoms with van der Waals surface area (Å²) in [5, 5.41) is 9.46. The summed E-state index contributed by atoms with van der Waals surface area (Å²) in [4.78, 5) is 17.6. The van der Waals surface area contributed by atoms with Crippen LogP contribution in [0.3, 0.4) is 0 Å². The quantitative estimate of drug-likeness (QED) is 0.431. The molecule has 1 aliphatic rings. The third-order valence-electron chi connectivity index (χ3n) is 5.11. The normalized spacial score (nSPS) is 13.0. The zero-order valence-corrected chi connectivity index (χ0v) is 17.7. The van der Waals surface area contributed by atoms with Crippen LogP contribution in [0.15, 0.2) is 82.7 Å². The molecule has 4 rings (SSSR count). The predicted octanol–water partition coefficient (Wildman–Crippen LogP) is 6.79. The molecule has 3 aromatic carbocycles. The second-order valence-corrected chi connectivity index (χ2v) is 8.34. The second-order valence-electron chi connectivity index (χ2n) is 7.27. The molecule has 1 aliphatic heterocycles. The Hall–Kier alpha value is -3.05. The third-order valence-corrected chi connectivity index (χ3v) is 6.22. The third kappa shape index (κ3) is 4.41. The number of carbonyl (C=O) groups is 1. The molecule has 152 valence electrons. The number of fused-ring (bicyclic) bond motifs is 1. The Morgan fingerprint density at radius 1 is 1.00 bits per heavy atom. The molecule has 0 saturated heterocycles. The maximum absolute atomic E-state index is 11.5. The molecule has 0 radical (unpaired) electrons. The summed E-state index contributed by atoms with van der Waals surface area (Å²) >= 11 is 1.74. The van der Waals surface area contributed by atoms with Crippen LogP contribution in [0.5, 0.6) is 0 Å². The van der Waals surface area contributed by atoms with Crippen molar-refractivity contribution in [3.05, 3.63) is 83.9 Å². The van der Waals surface area contributed by atoms with Gasteiger partial charge in [-0.1, -0.05) is 67.9 Å². The number of benzene rings is 3. The number of carboxylic acids is 1. The number of hydrogen-bond acceptors (Lipinski definition) is 4. The van der Waals surface area contributed by atoms with Gasteiger partial charge in [0.05, 0.1) is 22.7 Å². The lowest BCUT2D eigenvalue weighted by molar-refractivity contribution is 0.0697. The fraction of sp³-hybridized carbons (Fsp3) is 0.200. The summed E-state index contributed by atoms with van der Waals surface area (Å²) < 4.78 is 2.28. The molecule has 30 heavy (non-hydrogen) atoms. The van der Waals surface area contributed by atoms with Crippen LogP contribution >= 0.6 is 11.9 Å². The molecule has 5 heteroatoms. The molecular weight excluding hydrogens is 392 g/mol. The highest BCUT2D eigenvalue weighted by Crippen LogP contribution is 2.38. The number of nitrogens with zero attached hydrogens (tertiary/aromatic N) is 2. The lowest BCUT2D eigenvalue weighted by Gasteiger charge is -2.29. The van der Waals surface area contributed by atoms with Gasteiger partial charge in [-0.05, 0) is 53.3 Å². The van der Waals surface area contributed by atoms with Crippen LogP contribution in [0.1, 0.15) is 42.1 Å². The molecular formula is C25H24N2O2S. The molecule has 0 amide bonds. The topological polar surface area (TPSA) is 52.9 Å². The van der Waals surface area contributed by atoms with E-state index in [1.807, 2.05) is 36.4 Å². The Morgan fingerprint density at radius 3 is 2.50 bits per heavy atom. The average Bonchev–Trinajstić information content (AvgIpc) is 2.78.